The van der Waals surface area contributed by atoms with Gasteiger partial charge >= 0.3 is 0 Å². The summed E-state index contributed by atoms with van der Waals surface area (Å²) in [7, 11) is -3.48. The molecule has 0 bridgehead atoms. The molecule has 6 nitrogen and oxygen atoms in total. The molecule has 1 aliphatic heterocycles. The van der Waals surface area contributed by atoms with Gasteiger partial charge in [0.15, 0.2) is 0 Å². The lowest BCUT2D eigenvalue weighted by Crippen LogP contribution is -2.41. The zero-order chi connectivity index (χ0) is 20.9. The van der Waals surface area contributed by atoms with Gasteiger partial charge in [-0.05, 0) is 43.5 Å². The lowest BCUT2D eigenvalue weighted by atomic mass is 9.97. The molecule has 1 saturated heterocycles. The molecule has 2 aromatic rings. The first-order valence-corrected chi connectivity index (χ1v) is 11.6. The number of benzene rings is 2. The highest BCUT2D eigenvalue weighted by atomic mass is 35.5. The van der Waals surface area contributed by atoms with E-state index in [0.29, 0.717) is 54.6 Å². The van der Waals surface area contributed by atoms with Crippen LogP contribution in [0, 0.1) is 5.92 Å². The van der Waals surface area contributed by atoms with Gasteiger partial charge in [-0.2, -0.15) is 0 Å². The molecule has 0 aromatic heterocycles. The number of anilines is 1. The van der Waals surface area contributed by atoms with Gasteiger partial charge in [-0.3, -0.25) is 4.79 Å². The van der Waals surface area contributed by atoms with Crippen LogP contribution in [0.25, 0.3) is 0 Å². The number of para-hydroxylation sites is 2. The van der Waals surface area contributed by atoms with Gasteiger partial charge in [0.05, 0.1) is 18.0 Å². The average Bonchev–Trinajstić information content (AvgIpc) is 2.71. The summed E-state index contributed by atoms with van der Waals surface area (Å²) in [5, 5.41) is 3.36. The summed E-state index contributed by atoms with van der Waals surface area (Å²) in [4.78, 5) is 12.7. The van der Waals surface area contributed by atoms with Crippen molar-refractivity contribution in [3.05, 3.63) is 59.1 Å². The lowest BCUT2D eigenvalue weighted by molar-refractivity contribution is -0.120. The minimum Gasteiger partial charge on any atom is -0.492 e. The van der Waals surface area contributed by atoms with Gasteiger partial charge in [-0.15, -0.1) is 0 Å². The SMILES string of the molecule is CCOc1ccccc1NC(=O)C1CCN(S(=O)(=O)Cc2ccccc2Cl)CC1. The molecular weight excluding hydrogens is 412 g/mol. The Hall–Kier alpha value is -2.09. The van der Waals surface area contributed by atoms with Crippen molar-refractivity contribution in [1.29, 1.82) is 0 Å². The van der Waals surface area contributed by atoms with E-state index in [4.69, 9.17) is 16.3 Å². The molecule has 156 valence electrons. The van der Waals surface area contributed by atoms with Crippen molar-refractivity contribution >= 4 is 33.2 Å². The van der Waals surface area contributed by atoms with Gasteiger partial charge in [-0.1, -0.05) is 41.9 Å². The van der Waals surface area contributed by atoms with E-state index in [1.54, 1.807) is 30.3 Å². The Morgan fingerprint density at radius 2 is 1.79 bits per heavy atom. The quantitative estimate of drug-likeness (QED) is 0.713. The first-order valence-electron chi connectivity index (χ1n) is 9.64. The molecule has 1 fully saturated rings. The molecule has 0 atom stereocenters. The summed E-state index contributed by atoms with van der Waals surface area (Å²) in [6.07, 6.45) is 0.953. The van der Waals surface area contributed by atoms with Crippen molar-refractivity contribution in [2.75, 3.05) is 25.0 Å². The highest BCUT2D eigenvalue weighted by molar-refractivity contribution is 7.88. The molecule has 1 aliphatic rings. The smallest absolute Gasteiger partial charge is 0.227 e. The summed E-state index contributed by atoms with van der Waals surface area (Å²) >= 11 is 6.10. The maximum Gasteiger partial charge on any atom is 0.227 e. The number of nitrogens with zero attached hydrogens (tertiary/aromatic N) is 1. The highest BCUT2D eigenvalue weighted by Gasteiger charge is 2.31. The second kappa shape index (κ2) is 9.61. The van der Waals surface area contributed by atoms with Crippen molar-refractivity contribution in [1.82, 2.24) is 4.31 Å². The van der Waals surface area contributed by atoms with Crippen LogP contribution in [-0.2, 0) is 20.6 Å². The number of nitrogens with one attached hydrogen (secondary N) is 1. The Bertz CT molecular complexity index is 957. The van der Waals surface area contributed by atoms with Gasteiger partial charge in [0, 0.05) is 24.0 Å². The Kier molecular flexibility index (Phi) is 7.16. The molecule has 0 radical (unpaired) electrons. The molecule has 1 heterocycles. The largest absolute Gasteiger partial charge is 0.492 e. The van der Waals surface area contributed by atoms with Gasteiger partial charge in [-0.25, -0.2) is 12.7 Å². The van der Waals surface area contributed by atoms with Crippen LogP contribution in [0.2, 0.25) is 5.02 Å². The fourth-order valence-corrected chi connectivity index (χ4v) is 5.26. The number of ether oxygens (including phenoxy) is 1. The number of carbonyl (C=O) groups excluding carboxylic acids is 1. The monoisotopic (exact) mass is 436 g/mol. The molecule has 8 heteroatoms. The topological polar surface area (TPSA) is 75.7 Å². The molecule has 1 amide bonds. The fourth-order valence-electron chi connectivity index (χ4n) is 3.39. The van der Waals surface area contributed by atoms with E-state index in [9.17, 15) is 13.2 Å². The number of halogens is 1. The zero-order valence-corrected chi connectivity index (χ0v) is 17.9. The van der Waals surface area contributed by atoms with E-state index < -0.39 is 10.0 Å². The van der Waals surface area contributed by atoms with Gasteiger partial charge in [0.2, 0.25) is 15.9 Å². The number of piperidine rings is 1. The van der Waals surface area contributed by atoms with Crippen molar-refractivity contribution in [2.24, 2.45) is 5.92 Å². The summed E-state index contributed by atoms with van der Waals surface area (Å²) in [6.45, 7) is 3.03. The number of hydrogen-bond acceptors (Lipinski definition) is 4. The molecular formula is C21H25ClN2O4S. The Morgan fingerprint density at radius 1 is 1.14 bits per heavy atom. The predicted octanol–water partition coefficient (Wildman–Crippen LogP) is 3.92. The van der Waals surface area contributed by atoms with Crippen molar-refractivity contribution < 1.29 is 17.9 Å². The van der Waals surface area contributed by atoms with E-state index in [1.807, 2.05) is 25.1 Å². The average molecular weight is 437 g/mol. The number of amides is 1. The maximum absolute atomic E-state index is 12.7. The van der Waals surface area contributed by atoms with E-state index in [-0.39, 0.29) is 17.6 Å². The predicted molar refractivity (Wildman–Crippen MR) is 115 cm³/mol. The van der Waals surface area contributed by atoms with E-state index >= 15 is 0 Å². The second-order valence-electron chi connectivity index (χ2n) is 6.94. The third-order valence-corrected chi connectivity index (χ3v) is 7.16. The molecule has 0 saturated carbocycles. The normalized spacial score (nSPS) is 15.8. The van der Waals surface area contributed by atoms with Crippen LogP contribution >= 0.6 is 11.6 Å². The second-order valence-corrected chi connectivity index (χ2v) is 9.32. The van der Waals surface area contributed by atoms with Gasteiger partial charge < -0.3 is 10.1 Å². The first-order chi connectivity index (χ1) is 13.9. The maximum atomic E-state index is 12.7. The van der Waals surface area contributed by atoms with Crippen LogP contribution in [-0.4, -0.2) is 38.3 Å². The number of hydrogen-bond donors (Lipinski definition) is 1. The Morgan fingerprint density at radius 3 is 2.48 bits per heavy atom. The molecule has 0 unspecified atom stereocenters. The fraction of sp³-hybridized carbons (Fsp3) is 0.381. The van der Waals surface area contributed by atoms with Crippen LogP contribution in [0.1, 0.15) is 25.3 Å². The number of carbonyl (C=O) groups is 1. The summed E-state index contributed by atoms with van der Waals surface area (Å²) in [5.41, 5.74) is 1.22. The van der Waals surface area contributed by atoms with Crippen molar-refractivity contribution in [3.63, 3.8) is 0 Å². The zero-order valence-electron chi connectivity index (χ0n) is 16.3. The Labute approximate surface area is 176 Å². The van der Waals surface area contributed by atoms with Crippen LogP contribution in [0.15, 0.2) is 48.5 Å². The molecule has 29 heavy (non-hydrogen) atoms. The van der Waals surface area contributed by atoms with Crippen molar-refractivity contribution in [2.45, 2.75) is 25.5 Å². The summed E-state index contributed by atoms with van der Waals surface area (Å²) < 4.78 is 32.5. The molecule has 1 N–H and O–H groups in total. The minimum absolute atomic E-state index is 0.111. The Balaban J connectivity index is 1.59. The van der Waals surface area contributed by atoms with Crippen LogP contribution < -0.4 is 10.1 Å². The summed E-state index contributed by atoms with van der Waals surface area (Å²) in [5.74, 6) is 0.144. The molecule has 0 spiro atoms. The number of sulfonamides is 1. The van der Waals surface area contributed by atoms with E-state index in [2.05, 4.69) is 5.32 Å². The standard InChI is InChI=1S/C21H25ClN2O4S/c1-2-28-20-10-6-5-9-19(20)23-21(25)16-11-13-24(14-12-16)29(26,27)15-17-7-3-4-8-18(17)22/h3-10,16H,2,11-15H2,1H3,(H,23,25). The third kappa shape index (κ3) is 5.50. The molecule has 3 rings (SSSR count). The van der Waals surface area contributed by atoms with Crippen molar-refractivity contribution in [3.8, 4) is 5.75 Å². The third-order valence-electron chi connectivity index (χ3n) is 4.96. The molecule has 2 aromatic carbocycles. The van der Waals surface area contributed by atoms with E-state index in [0.717, 1.165) is 0 Å². The van der Waals surface area contributed by atoms with Gasteiger partial charge in [0.25, 0.3) is 0 Å². The van der Waals surface area contributed by atoms with Crippen LogP contribution in [0.4, 0.5) is 5.69 Å². The molecule has 0 aliphatic carbocycles. The van der Waals surface area contributed by atoms with E-state index in [1.165, 1.54) is 4.31 Å². The van der Waals surface area contributed by atoms with Gasteiger partial charge in [0.1, 0.15) is 5.75 Å². The first kappa shape index (κ1) is 21.6. The lowest BCUT2D eigenvalue weighted by Gasteiger charge is -2.30. The van der Waals surface area contributed by atoms with Crippen LogP contribution in [0.3, 0.4) is 0 Å². The number of rotatable bonds is 7. The van der Waals surface area contributed by atoms with Crippen LogP contribution in [0.5, 0.6) is 5.75 Å². The minimum atomic E-state index is -3.48. The highest BCUT2D eigenvalue weighted by Crippen LogP contribution is 2.28. The summed E-state index contributed by atoms with van der Waals surface area (Å²) in [6, 6.07) is 14.2.